The molecule has 0 radical (unpaired) electrons. The number of aromatic nitrogens is 1. The fraction of sp³-hybridized carbons (Fsp3) is 0.333. The molecule has 3 rings (SSSR count). The second-order valence-corrected chi connectivity index (χ2v) is 5.09. The summed E-state index contributed by atoms with van der Waals surface area (Å²) >= 11 is 0. The number of carboxylic acids is 1. The molecule has 0 spiro atoms. The SMILES string of the molecule is COc1ccc2c(c1)c(=O)c(C)c(C(=O)O)n2C1CC1. The summed E-state index contributed by atoms with van der Waals surface area (Å²) in [6, 6.07) is 5.37. The number of aromatic carboxylic acids is 1. The molecule has 1 N–H and O–H groups in total. The highest BCUT2D eigenvalue weighted by atomic mass is 16.5. The number of nitrogens with zero attached hydrogens (tertiary/aromatic N) is 1. The highest BCUT2D eigenvalue weighted by Gasteiger charge is 2.30. The molecule has 0 saturated heterocycles. The summed E-state index contributed by atoms with van der Waals surface area (Å²) in [4.78, 5) is 23.9. The molecule has 1 fully saturated rings. The average molecular weight is 273 g/mol. The Morgan fingerprint density at radius 2 is 2.10 bits per heavy atom. The fourth-order valence-electron chi connectivity index (χ4n) is 2.62. The molecule has 1 aliphatic rings. The number of carboxylic acid groups (broad SMARTS) is 1. The number of pyridine rings is 1. The smallest absolute Gasteiger partial charge is 0.352 e. The Balaban J connectivity index is 2.46. The van der Waals surface area contributed by atoms with Crippen molar-refractivity contribution in [2.45, 2.75) is 25.8 Å². The van der Waals surface area contributed by atoms with Gasteiger partial charge in [-0.2, -0.15) is 0 Å². The Morgan fingerprint density at radius 1 is 1.40 bits per heavy atom. The number of ether oxygens (including phenoxy) is 1. The van der Waals surface area contributed by atoms with Crippen LogP contribution < -0.4 is 10.2 Å². The number of rotatable bonds is 3. The van der Waals surface area contributed by atoms with Crippen LogP contribution in [0.3, 0.4) is 0 Å². The van der Waals surface area contributed by atoms with Crippen LogP contribution in [0.4, 0.5) is 0 Å². The van der Waals surface area contributed by atoms with Crippen molar-refractivity contribution in [2.75, 3.05) is 7.11 Å². The van der Waals surface area contributed by atoms with E-state index in [0.717, 1.165) is 12.8 Å². The van der Waals surface area contributed by atoms with Crippen molar-refractivity contribution >= 4 is 16.9 Å². The molecule has 1 aromatic heterocycles. The number of fused-ring (bicyclic) bond motifs is 1. The topological polar surface area (TPSA) is 68.5 Å². The van der Waals surface area contributed by atoms with Crippen molar-refractivity contribution in [2.24, 2.45) is 0 Å². The Bertz CT molecular complexity index is 772. The molecule has 0 bridgehead atoms. The molecule has 0 unspecified atom stereocenters. The monoisotopic (exact) mass is 273 g/mol. The van der Waals surface area contributed by atoms with E-state index in [4.69, 9.17) is 4.74 Å². The first kappa shape index (κ1) is 12.7. The second kappa shape index (κ2) is 4.37. The predicted molar refractivity (Wildman–Crippen MR) is 74.7 cm³/mol. The third-order valence-corrected chi connectivity index (χ3v) is 3.76. The van der Waals surface area contributed by atoms with Crippen LogP contribution in [-0.2, 0) is 0 Å². The van der Waals surface area contributed by atoms with Crippen molar-refractivity contribution in [1.82, 2.24) is 4.57 Å². The van der Waals surface area contributed by atoms with Crippen molar-refractivity contribution in [3.8, 4) is 5.75 Å². The number of hydrogen-bond acceptors (Lipinski definition) is 3. The summed E-state index contributed by atoms with van der Waals surface area (Å²) in [5.41, 5.74) is 0.815. The van der Waals surface area contributed by atoms with E-state index < -0.39 is 5.97 Å². The van der Waals surface area contributed by atoms with E-state index in [0.29, 0.717) is 16.7 Å². The van der Waals surface area contributed by atoms with Gasteiger partial charge in [-0.3, -0.25) is 4.79 Å². The summed E-state index contributed by atoms with van der Waals surface area (Å²) < 4.78 is 6.93. The van der Waals surface area contributed by atoms with Crippen molar-refractivity contribution < 1.29 is 14.6 Å². The van der Waals surface area contributed by atoms with Crippen LogP contribution >= 0.6 is 0 Å². The minimum Gasteiger partial charge on any atom is -0.497 e. The van der Waals surface area contributed by atoms with Gasteiger partial charge in [0.2, 0.25) is 0 Å². The highest BCUT2D eigenvalue weighted by Crippen LogP contribution is 2.39. The third-order valence-electron chi connectivity index (χ3n) is 3.76. The lowest BCUT2D eigenvalue weighted by atomic mass is 10.1. The summed E-state index contributed by atoms with van der Waals surface area (Å²) in [5, 5.41) is 9.94. The van der Waals surface area contributed by atoms with Crippen molar-refractivity contribution in [3.05, 3.63) is 39.7 Å². The van der Waals surface area contributed by atoms with Gasteiger partial charge in [-0.1, -0.05) is 0 Å². The zero-order chi connectivity index (χ0) is 14.4. The molecule has 1 aliphatic carbocycles. The Hall–Kier alpha value is -2.30. The van der Waals surface area contributed by atoms with E-state index in [9.17, 15) is 14.7 Å². The lowest BCUT2D eigenvalue weighted by Gasteiger charge is -2.16. The predicted octanol–water partition coefficient (Wildman–Crippen LogP) is 2.35. The standard InChI is InChI=1S/C15H15NO4/c1-8-13(15(18)19)16(9-3-4-9)12-6-5-10(20-2)7-11(12)14(8)17/h5-7,9H,3-4H2,1-2H3,(H,18,19). The van der Waals surface area contributed by atoms with Gasteiger partial charge in [-0.15, -0.1) is 0 Å². The molecule has 0 atom stereocenters. The number of benzene rings is 1. The maximum Gasteiger partial charge on any atom is 0.352 e. The summed E-state index contributed by atoms with van der Waals surface area (Å²) in [6.07, 6.45) is 1.90. The number of hydrogen-bond donors (Lipinski definition) is 1. The van der Waals surface area contributed by atoms with E-state index in [1.807, 2.05) is 0 Å². The molecule has 0 aliphatic heterocycles. The normalized spacial score (nSPS) is 14.5. The second-order valence-electron chi connectivity index (χ2n) is 5.09. The summed E-state index contributed by atoms with van der Waals surface area (Å²) in [5.74, 6) is -0.455. The fourth-order valence-corrected chi connectivity index (χ4v) is 2.62. The molecule has 1 heterocycles. The Kier molecular flexibility index (Phi) is 2.78. The van der Waals surface area contributed by atoms with E-state index in [1.165, 1.54) is 0 Å². The van der Waals surface area contributed by atoms with Crippen LogP contribution in [0, 0.1) is 6.92 Å². The molecule has 2 aromatic rings. The maximum absolute atomic E-state index is 12.4. The highest BCUT2D eigenvalue weighted by molar-refractivity contribution is 5.93. The van der Waals surface area contributed by atoms with Gasteiger partial charge in [0.25, 0.3) is 0 Å². The minimum absolute atomic E-state index is 0.107. The van der Waals surface area contributed by atoms with Gasteiger partial charge in [0.1, 0.15) is 11.4 Å². The molecule has 1 saturated carbocycles. The summed E-state index contributed by atoms with van der Waals surface area (Å²) in [7, 11) is 1.54. The zero-order valence-corrected chi connectivity index (χ0v) is 11.3. The molecule has 0 amide bonds. The molecule has 20 heavy (non-hydrogen) atoms. The quantitative estimate of drug-likeness (QED) is 0.932. The van der Waals surface area contributed by atoms with Gasteiger partial charge in [-0.05, 0) is 38.0 Å². The first-order valence-corrected chi connectivity index (χ1v) is 6.50. The van der Waals surface area contributed by atoms with E-state index in [1.54, 1.807) is 36.8 Å². The Morgan fingerprint density at radius 3 is 2.65 bits per heavy atom. The molecule has 5 nitrogen and oxygen atoms in total. The Labute approximate surface area is 115 Å². The molecule has 5 heteroatoms. The molecular weight excluding hydrogens is 258 g/mol. The number of carbonyl (C=O) groups is 1. The van der Waals surface area contributed by atoms with E-state index in [2.05, 4.69) is 0 Å². The van der Waals surface area contributed by atoms with Crippen molar-refractivity contribution in [3.63, 3.8) is 0 Å². The van der Waals surface area contributed by atoms with Crippen LogP contribution in [0.5, 0.6) is 5.75 Å². The van der Waals surface area contributed by atoms with Crippen LogP contribution in [-0.4, -0.2) is 22.8 Å². The lowest BCUT2D eigenvalue weighted by Crippen LogP contribution is -2.21. The largest absolute Gasteiger partial charge is 0.497 e. The van der Waals surface area contributed by atoms with Crippen LogP contribution in [0.15, 0.2) is 23.0 Å². The first-order valence-electron chi connectivity index (χ1n) is 6.50. The van der Waals surface area contributed by atoms with Gasteiger partial charge >= 0.3 is 5.97 Å². The van der Waals surface area contributed by atoms with Gasteiger partial charge in [0, 0.05) is 17.0 Å². The minimum atomic E-state index is -1.05. The number of methoxy groups -OCH3 is 1. The van der Waals surface area contributed by atoms with Gasteiger partial charge in [0.15, 0.2) is 5.43 Å². The zero-order valence-electron chi connectivity index (χ0n) is 11.3. The van der Waals surface area contributed by atoms with E-state index >= 15 is 0 Å². The van der Waals surface area contributed by atoms with Crippen LogP contribution in [0.2, 0.25) is 0 Å². The summed E-state index contributed by atoms with van der Waals surface area (Å²) in [6.45, 7) is 1.57. The molecule has 1 aromatic carbocycles. The third kappa shape index (κ3) is 1.78. The van der Waals surface area contributed by atoms with Gasteiger partial charge in [0.05, 0.1) is 12.6 Å². The van der Waals surface area contributed by atoms with Crippen LogP contribution in [0.1, 0.15) is 34.9 Å². The molecular formula is C15H15NO4. The van der Waals surface area contributed by atoms with Crippen molar-refractivity contribution in [1.29, 1.82) is 0 Å². The van der Waals surface area contributed by atoms with Gasteiger partial charge < -0.3 is 14.4 Å². The average Bonchev–Trinajstić information content (AvgIpc) is 3.26. The van der Waals surface area contributed by atoms with Crippen LogP contribution in [0.25, 0.3) is 10.9 Å². The first-order chi connectivity index (χ1) is 9.54. The molecule has 104 valence electrons. The van der Waals surface area contributed by atoms with E-state index in [-0.39, 0.29) is 22.7 Å². The maximum atomic E-state index is 12.4. The van der Waals surface area contributed by atoms with Gasteiger partial charge in [-0.25, -0.2) is 4.79 Å². The lowest BCUT2D eigenvalue weighted by molar-refractivity contribution is 0.0683.